The average molecular weight is 971 g/mol. The molecule has 2 aliphatic rings. The third kappa shape index (κ3) is 10.9. The van der Waals surface area contributed by atoms with E-state index in [-0.39, 0.29) is 63.6 Å². The molecule has 68 heavy (non-hydrogen) atoms. The van der Waals surface area contributed by atoms with Crippen LogP contribution in [0.2, 0.25) is 0 Å². The van der Waals surface area contributed by atoms with E-state index in [1.807, 2.05) is 24.5 Å². The summed E-state index contributed by atoms with van der Waals surface area (Å²) in [6, 6.07) is 19.9. The van der Waals surface area contributed by atoms with Gasteiger partial charge in [-0.25, -0.2) is 4.79 Å². The maximum atomic E-state index is 13.9. The molecule has 2 saturated heterocycles. The lowest BCUT2D eigenvalue weighted by Crippen LogP contribution is -2.80. The molecular weight excluding hydrogens is 913 g/mol. The van der Waals surface area contributed by atoms with E-state index in [1.54, 1.807) is 0 Å². The number of ether oxygens (including phenoxy) is 3. The quantitative estimate of drug-likeness (QED) is 0.0309. The average Bonchev–Trinajstić information content (AvgIpc) is 3.86. The van der Waals surface area contributed by atoms with Crippen molar-refractivity contribution < 1.29 is 53.4 Å². The zero-order valence-corrected chi connectivity index (χ0v) is 39.4. The molecule has 0 aliphatic carbocycles. The maximum absolute atomic E-state index is 13.9. The number of fused-ring (bicyclic) bond motifs is 2. The van der Waals surface area contributed by atoms with Gasteiger partial charge in [0, 0.05) is 30.8 Å². The number of phenols is 1. The van der Waals surface area contributed by atoms with Crippen LogP contribution in [0.1, 0.15) is 66.3 Å². The van der Waals surface area contributed by atoms with Crippen LogP contribution in [0.3, 0.4) is 0 Å². The Bertz CT molecular complexity index is 2610. The SMILES string of the molecule is CCCNCCCc1ccccc1C=CCC(C)C1CNCC2(O)C(Oc3ccc4c(=O)c(-c5ccc(O)cc5)c(C(N)=O)oc4c3)OC(C(=O)O)C(O)C2(C=O)OCSSCC1c1cc[nH]c1. The van der Waals surface area contributed by atoms with E-state index in [2.05, 4.69) is 59.8 Å². The number of hydrogen-bond acceptors (Lipinski definition) is 15. The van der Waals surface area contributed by atoms with Gasteiger partial charge in [0.25, 0.3) is 5.91 Å². The number of β-amino-alcohol motifs (C(OH)–C–C–N with tert-alkyl or cyclic N) is 1. The summed E-state index contributed by atoms with van der Waals surface area (Å²) in [5.74, 6) is -2.99. The molecule has 0 bridgehead atoms. The minimum Gasteiger partial charge on any atom is -0.508 e. The van der Waals surface area contributed by atoms with E-state index in [1.165, 1.54) is 69.6 Å². The number of carbonyl (C=O) groups excluding carboxylic acids is 2. The van der Waals surface area contributed by atoms with Crippen LogP contribution in [0.5, 0.6) is 11.5 Å². The maximum Gasteiger partial charge on any atom is 0.335 e. The Kier molecular flexibility index (Phi) is 16.9. The first-order valence-electron chi connectivity index (χ1n) is 22.6. The number of aldehydes is 1. The van der Waals surface area contributed by atoms with E-state index >= 15 is 0 Å². The van der Waals surface area contributed by atoms with Crippen molar-refractivity contribution in [2.24, 2.45) is 17.6 Å². The van der Waals surface area contributed by atoms with Gasteiger partial charge in [-0.05, 0) is 116 Å². The molecule has 8 atom stereocenters. The van der Waals surface area contributed by atoms with Crippen LogP contribution in [0.4, 0.5) is 0 Å². The zero-order chi connectivity index (χ0) is 48.4. The molecule has 7 rings (SSSR count). The van der Waals surface area contributed by atoms with Gasteiger partial charge >= 0.3 is 5.97 Å². The number of nitrogens with one attached hydrogen (secondary N) is 3. The van der Waals surface area contributed by atoms with Crippen molar-refractivity contribution in [2.75, 3.05) is 37.9 Å². The summed E-state index contributed by atoms with van der Waals surface area (Å²) in [5.41, 5.74) is 3.32. The standard InChI is InChI=1S/C50H58N4O12S2/c1-3-20-52-21-7-12-32-10-5-4-9-31(32)11-6-8-30(2)38-25-54-27-49(62)48(66-44(47(60)61)45(58)50(49,28-55)63-29-68-67-26-39(38)34-19-22-53-24-34)64-36-17-18-37-40(23-36)65-43(46(51)59)41(42(37)57)33-13-15-35(56)16-14-33/h4-6,9-11,13-19,22-24,28,30,38-39,44-45,48,52-54,56,58,62H,3,7-8,12,20-21,25-27,29H2,1-2H3,(H2,51,59)(H,60,61). The fraction of sp³-hybridized carbons (Fsp3) is 0.400. The number of carboxylic acid groups (broad SMARTS) is 1. The van der Waals surface area contributed by atoms with Crippen LogP contribution in [0.25, 0.3) is 28.2 Å². The van der Waals surface area contributed by atoms with Crippen LogP contribution >= 0.6 is 21.6 Å². The van der Waals surface area contributed by atoms with E-state index in [0.29, 0.717) is 18.7 Å². The topological polar surface area (TPSA) is 256 Å². The second kappa shape index (κ2) is 22.8. The lowest BCUT2D eigenvalue weighted by Gasteiger charge is -2.53. The predicted molar refractivity (Wildman–Crippen MR) is 261 cm³/mol. The normalized spacial score (nSPS) is 25.2. The van der Waals surface area contributed by atoms with Crippen molar-refractivity contribution >= 4 is 56.8 Å². The number of H-pyrrole nitrogens is 1. The number of aromatic nitrogens is 1. The number of nitrogens with two attached hydrogens (primary N) is 1. The van der Waals surface area contributed by atoms with Crippen molar-refractivity contribution in [2.45, 2.75) is 75.1 Å². The minimum absolute atomic E-state index is 0.00574. The zero-order valence-electron chi connectivity index (χ0n) is 37.8. The smallest absolute Gasteiger partial charge is 0.335 e. The number of aliphatic carboxylic acids is 1. The van der Waals surface area contributed by atoms with Crippen molar-refractivity contribution in [3.05, 3.63) is 124 Å². The third-order valence-corrected chi connectivity index (χ3v) is 14.9. The first kappa shape index (κ1) is 50.4. The summed E-state index contributed by atoms with van der Waals surface area (Å²) in [5, 5.41) is 51.5. The summed E-state index contributed by atoms with van der Waals surface area (Å²) in [6.07, 6.45) is 5.88. The van der Waals surface area contributed by atoms with E-state index in [9.17, 15) is 39.6 Å². The van der Waals surface area contributed by atoms with Crippen LogP contribution in [-0.4, -0.2) is 111 Å². The second-order valence-electron chi connectivity index (χ2n) is 17.2. The molecule has 2 aliphatic heterocycles. The van der Waals surface area contributed by atoms with Gasteiger partial charge in [0.1, 0.15) is 29.1 Å². The summed E-state index contributed by atoms with van der Waals surface area (Å²) < 4.78 is 24.1. The van der Waals surface area contributed by atoms with Crippen molar-refractivity contribution in [1.29, 1.82) is 0 Å². The molecule has 2 aromatic heterocycles. The Morgan fingerprint density at radius 1 is 1.09 bits per heavy atom. The lowest BCUT2D eigenvalue weighted by molar-refractivity contribution is -0.340. The summed E-state index contributed by atoms with van der Waals surface area (Å²) in [6.45, 7) is 6.08. The monoisotopic (exact) mass is 970 g/mol. The first-order valence-corrected chi connectivity index (χ1v) is 25.1. The fourth-order valence-electron chi connectivity index (χ4n) is 9.07. The van der Waals surface area contributed by atoms with Gasteiger partial charge in [0.2, 0.25) is 17.5 Å². The number of carboxylic acids is 1. The Morgan fingerprint density at radius 2 is 1.88 bits per heavy atom. The number of allylic oxidation sites excluding steroid dienone is 1. The molecule has 8 unspecified atom stereocenters. The highest BCUT2D eigenvalue weighted by molar-refractivity contribution is 8.76. The number of aromatic amines is 1. The number of carbonyl (C=O) groups is 3. The molecule has 0 spiro atoms. The van der Waals surface area contributed by atoms with Crippen molar-refractivity contribution in [3.63, 3.8) is 0 Å². The highest BCUT2D eigenvalue weighted by Gasteiger charge is 2.69. The molecule has 2 fully saturated rings. The highest BCUT2D eigenvalue weighted by atomic mass is 33.1. The summed E-state index contributed by atoms with van der Waals surface area (Å²) in [4.78, 5) is 55.8. The molecule has 16 nitrogen and oxygen atoms in total. The first-order chi connectivity index (χ1) is 32.8. The second-order valence-corrected chi connectivity index (χ2v) is 19.7. The Labute approximate surface area is 401 Å². The summed E-state index contributed by atoms with van der Waals surface area (Å²) in [7, 11) is 2.73. The fourth-order valence-corrected chi connectivity index (χ4v) is 11.1. The van der Waals surface area contributed by atoms with Crippen LogP contribution in [0.15, 0.2) is 100 Å². The minimum atomic E-state index is -2.61. The van der Waals surface area contributed by atoms with Crippen molar-refractivity contribution in [3.8, 4) is 22.6 Å². The lowest BCUT2D eigenvalue weighted by atomic mass is 9.73. The number of rotatable bonds is 17. The number of benzene rings is 3. The molecular formula is C50H58N4O12S2. The number of primary amides is 1. The van der Waals surface area contributed by atoms with Gasteiger partial charge < -0.3 is 60.4 Å². The summed E-state index contributed by atoms with van der Waals surface area (Å²) >= 11 is 0. The molecule has 362 valence electrons. The number of aliphatic hydroxyl groups is 2. The molecule has 1 amide bonds. The van der Waals surface area contributed by atoms with Gasteiger partial charge in [0.15, 0.2) is 23.6 Å². The molecule has 3 aromatic carbocycles. The van der Waals surface area contributed by atoms with Gasteiger partial charge in [-0.2, -0.15) is 0 Å². The molecule has 0 saturated carbocycles. The van der Waals surface area contributed by atoms with Crippen molar-refractivity contribution in [1.82, 2.24) is 15.6 Å². The van der Waals surface area contributed by atoms with E-state index in [4.69, 9.17) is 24.4 Å². The predicted octanol–water partition coefficient (Wildman–Crippen LogP) is 5.84. The van der Waals surface area contributed by atoms with Crippen LogP contribution in [-0.2, 0) is 25.5 Å². The van der Waals surface area contributed by atoms with E-state index < -0.39 is 59.3 Å². The molecule has 0 radical (unpaired) electrons. The number of amides is 1. The number of phenolic OH excluding ortho intramolecular Hbond substituents is 1. The van der Waals surface area contributed by atoms with Crippen LogP contribution < -0.4 is 26.5 Å². The van der Waals surface area contributed by atoms with Gasteiger partial charge in [0.05, 0.1) is 10.9 Å². The van der Waals surface area contributed by atoms with E-state index in [0.717, 1.165) is 43.5 Å². The third-order valence-electron chi connectivity index (χ3n) is 12.8. The highest BCUT2D eigenvalue weighted by Crippen LogP contribution is 2.44. The van der Waals surface area contributed by atoms with Crippen LogP contribution in [0, 0.1) is 11.8 Å². The number of aryl methyl sites for hydroxylation is 1. The molecule has 5 aromatic rings. The molecule has 4 heterocycles. The number of hydrogen-bond donors (Lipinski definition) is 8. The Hall–Kier alpha value is -5.44. The molecule has 9 N–H and O–H groups in total. The Balaban J connectivity index is 1.20. The molecule has 18 heteroatoms. The number of aliphatic hydroxyl groups excluding tert-OH is 1. The van der Waals surface area contributed by atoms with Gasteiger partial charge in [-0.3, -0.25) is 14.4 Å². The number of aromatic hydroxyl groups is 1. The largest absolute Gasteiger partial charge is 0.508 e. The van der Waals surface area contributed by atoms with Gasteiger partial charge in [-0.15, -0.1) is 0 Å². The van der Waals surface area contributed by atoms with Gasteiger partial charge in [-0.1, -0.05) is 84.0 Å². The Morgan fingerprint density at radius 3 is 2.60 bits per heavy atom.